The molecule has 2 aromatic heterocycles. The van der Waals surface area contributed by atoms with Crippen LogP contribution >= 0.6 is 19.3 Å². The van der Waals surface area contributed by atoms with Gasteiger partial charge in [0.2, 0.25) is 5.95 Å². The number of nitrogens with one attached hydrogen (secondary N) is 1. The first-order valence-electron chi connectivity index (χ1n) is 10.1. The minimum absolute atomic E-state index is 0.378. The molecule has 0 aliphatic heterocycles. The summed E-state index contributed by atoms with van der Waals surface area (Å²) in [6, 6.07) is 26.6. The Morgan fingerprint density at radius 3 is 2.00 bits per heavy atom. The molecule has 2 heterocycles. The number of hydrogen-bond acceptors (Lipinski definition) is 5. The van der Waals surface area contributed by atoms with Crippen LogP contribution in [0.5, 0.6) is 11.5 Å². The maximum atomic E-state index is 14.0. The van der Waals surface area contributed by atoms with Gasteiger partial charge in [0.15, 0.2) is 0 Å². The van der Waals surface area contributed by atoms with Gasteiger partial charge in [-0.15, -0.1) is 0 Å². The third-order valence-corrected chi connectivity index (χ3v) is 6.47. The molecule has 0 unspecified atom stereocenters. The van der Waals surface area contributed by atoms with E-state index in [9.17, 15) is 4.57 Å². The molecule has 1 N–H and O–H groups in total. The second kappa shape index (κ2) is 8.98. The molecule has 0 amide bonds. The molecule has 164 valence electrons. The van der Waals surface area contributed by atoms with Gasteiger partial charge < -0.3 is 9.05 Å². The normalized spacial score (nSPS) is 11.3. The number of hydrogen-bond donors (Lipinski definition) is 1. The Labute approximate surface area is 195 Å². The highest BCUT2D eigenvalue weighted by atomic mass is 35.5. The number of nitrogens with zero attached hydrogens (tertiary/aromatic N) is 3. The Morgan fingerprint density at radius 2 is 1.39 bits per heavy atom. The van der Waals surface area contributed by atoms with E-state index < -0.39 is 7.75 Å². The fourth-order valence-electron chi connectivity index (χ4n) is 3.34. The van der Waals surface area contributed by atoms with Gasteiger partial charge in [-0.3, -0.25) is 9.65 Å². The van der Waals surface area contributed by atoms with Crippen LogP contribution in [0.2, 0.25) is 5.02 Å². The molecule has 7 nitrogen and oxygen atoms in total. The molecule has 0 aliphatic carbocycles. The summed E-state index contributed by atoms with van der Waals surface area (Å²) in [5.41, 5.74) is 0.738. The van der Waals surface area contributed by atoms with E-state index in [-0.39, 0.29) is 0 Å². The van der Waals surface area contributed by atoms with Gasteiger partial charge in [-0.05, 0) is 48.5 Å². The predicted molar refractivity (Wildman–Crippen MR) is 129 cm³/mol. The lowest BCUT2D eigenvalue weighted by Crippen LogP contribution is -2.13. The Bertz CT molecular complexity index is 1380. The zero-order valence-electron chi connectivity index (χ0n) is 17.2. The minimum Gasteiger partial charge on any atom is -0.400 e. The second-order valence-corrected chi connectivity index (χ2v) is 9.00. The lowest BCUT2D eigenvalue weighted by molar-refractivity contribution is 0.392. The fourth-order valence-corrected chi connectivity index (χ4v) is 4.94. The van der Waals surface area contributed by atoms with Crippen LogP contribution in [0.25, 0.3) is 16.9 Å². The fraction of sp³-hybridized carbons (Fsp3) is 0. The monoisotopic (exact) mass is 476 g/mol. The lowest BCUT2D eigenvalue weighted by Gasteiger charge is -2.21. The first-order valence-corrected chi connectivity index (χ1v) is 12.0. The van der Waals surface area contributed by atoms with Crippen LogP contribution in [0.4, 0.5) is 5.82 Å². The molecule has 3 aromatic carbocycles. The van der Waals surface area contributed by atoms with E-state index in [4.69, 9.17) is 20.6 Å². The van der Waals surface area contributed by atoms with E-state index in [1.807, 2.05) is 24.3 Å². The number of para-hydroxylation sites is 2. The van der Waals surface area contributed by atoms with Gasteiger partial charge in [-0.25, -0.2) is 14.5 Å². The molecule has 5 rings (SSSR count). The largest absolute Gasteiger partial charge is 0.542 e. The van der Waals surface area contributed by atoms with E-state index in [0.717, 1.165) is 10.9 Å². The van der Waals surface area contributed by atoms with Gasteiger partial charge >= 0.3 is 7.75 Å². The molecule has 0 saturated carbocycles. The Morgan fingerprint density at radius 1 is 0.788 bits per heavy atom. The molecule has 33 heavy (non-hydrogen) atoms. The van der Waals surface area contributed by atoms with Gasteiger partial charge in [0.05, 0.1) is 10.5 Å². The third kappa shape index (κ3) is 4.55. The van der Waals surface area contributed by atoms with Crippen molar-refractivity contribution < 1.29 is 13.6 Å². The summed E-state index contributed by atoms with van der Waals surface area (Å²) in [6.07, 6.45) is 3.26. The average molecular weight is 477 g/mol. The molecule has 0 fully saturated rings. The number of rotatable bonds is 7. The summed E-state index contributed by atoms with van der Waals surface area (Å²) >= 11 is 6.45. The minimum atomic E-state index is -3.97. The van der Waals surface area contributed by atoms with Crippen molar-refractivity contribution in [3.63, 3.8) is 0 Å². The Hall–Kier alpha value is -3.80. The van der Waals surface area contributed by atoms with E-state index >= 15 is 0 Å². The average Bonchev–Trinajstić information content (AvgIpc) is 3.19. The van der Waals surface area contributed by atoms with Gasteiger partial charge in [0.1, 0.15) is 17.3 Å². The van der Waals surface area contributed by atoms with Gasteiger partial charge in [0.25, 0.3) is 0 Å². The van der Waals surface area contributed by atoms with Crippen LogP contribution in [0, 0.1) is 0 Å². The SMILES string of the molecule is O=P(Nc1cc2c(Cl)cccc2n1-c1ncccn1)(Oc1ccccc1)Oc1ccccc1. The molecule has 0 aliphatic rings. The topological polar surface area (TPSA) is 78.3 Å². The number of aromatic nitrogens is 3. The van der Waals surface area contributed by atoms with E-state index in [0.29, 0.717) is 28.3 Å². The van der Waals surface area contributed by atoms with E-state index in [1.165, 1.54) is 0 Å². The third-order valence-electron chi connectivity index (χ3n) is 4.73. The quantitative estimate of drug-likeness (QED) is 0.262. The molecule has 5 aromatic rings. The number of halogens is 1. The number of fused-ring (bicyclic) bond motifs is 1. The highest BCUT2D eigenvalue weighted by Gasteiger charge is 2.31. The Balaban J connectivity index is 1.62. The molecular weight excluding hydrogens is 459 g/mol. The smallest absolute Gasteiger partial charge is 0.400 e. The molecule has 0 bridgehead atoms. The van der Waals surface area contributed by atoms with Crippen molar-refractivity contribution >= 4 is 36.1 Å². The van der Waals surface area contributed by atoms with Crippen LogP contribution in [-0.2, 0) is 4.57 Å². The maximum absolute atomic E-state index is 14.0. The summed E-state index contributed by atoms with van der Waals surface area (Å²) in [7, 11) is -3.97. The summed E-state index contributed by atoms with van der Waals surface area (Å²) in [5, 5.41) is 4.24. The van der Waals surface area contributed by atoms with Crippen LogP contribution in [0.15, 0.2) is 103 Å². The van der Waals surface area contributed by atoms with Crippen LogP contribution < -0.4 is 14.1 Å². The van der Waals surface area contributed by atoms with E-state index in [2.05, 4.69) is 15.1 Å². The van der Waals surface area contributed by atoms with Crippen molar-refractivity contribution in [2.45, 2.75) is 0 Å². The molecule has 9 heteroatoms. The molecule has 0 radical (unpaired) electrons. The summed E-state index contributed by atoms with van der Waals surface area (Å²) in [6.45, 7) is 0. The van der Waals surface area contributed by atoms with Gasteiger partial charge in [-0.1, -0.05) is 54.1 Å². The van der Waals surface area contributed by atoms with Crippen LogP contribution in [-0.4, -0.2) is 14.5 Å². The highest BCUT2D eigenvalue weighted by molar-refractivity contribution is 7.56. The number of anilines is 1. The molecule has 0 saturated heterocycles. The molecule has 0 spiro atoms. The summed E-state index contributed by atoms with van der Waals surface area (Å²) < 4.78 is 27.5. The zero-order chi connectivity index (χ0) is 22.7. The first-order chi connectivity index (χ1) is 16.1. The van der Waals surface area contributed by atoms with Crippen LogP contribution in [0.3, 0.4) is 0 Å². The summed E-state index contributed by atoms with van der Waals surface area (Å²) in [5.74, 6) is 1.56. The van der Waals surface area contributed by atoms with Crippen molar-refractivity contribution in [2.24, 2.45) is 0 Å². The Kier molecular flexibility index (Phi) is 5.73. The highest BCUT2D eigenvalue weighted by Crippen LogP contribution is 2.49. The zero-order valence-corrected chi connectivity index (χ0v) is 18.9. The van der Waals surface area contributed by atoms with Gasteiger partial charge in [0, 0.05) is 17.8 Å². The summed E-state index contributed by atoms with van der Waals surface area (Å²) in [4.78, 5) is 8.71. The lowest BCUT2D eigenvalue weighted by atomic mass is 10.2. The van der Waals surface area contributed by atoms with Crippen molar-refractivity contribution in [1.82, 2.24) is 14.5 Å². The maximum Gasteiger partial charge on any atom is 0.542 e. The van der Waals surface area contributed by atoms with Crippen molar-refractivity contribution in [3.8, 4) is 17.4 Å². The molecular formula is C24H18ClN4O3P. The van der Waals surface area contributed by atoms with Crippen LogP contribution in [0.1, 0.15) is 0 Å². The predicted octanol–water partition coefficient (Wildman–Crippen LogP) is 6.75. The second-order valence-electron chi connectivity index (χ2n) is 7.00. The van der Waals surface area contributed by atoms with Crippen molar-refractivity contribution in [1.29, 1.82) is 0 Å². The molecule has 0 atom stereocenters. The van der Waals surface area contributed by atoms with Crippen molar-refractivity contribution in [2.75, 3.05) is 5.09 Å². The van der Waals surface area contributed by atoms with Gasteiger partial charge in [-0.2, -0.15) is 0 Å². The van der Waals surface area contributed by atoms with E-state index in [1.54, 1.807) is 83.7 Å². The first kappa shape index (κ1) is 21.1. The number of benzene rings is 3. The standard InChI is InChI=1S/C24H18ClN4O3P/c25-21-13-7-14-22-20(21)17-23(29(22)24-26-15-8-16-27-24)28-33(30,31-18-9-3-1-4-10-18)32-19-11-5-2-6-12-19/h1-17H,(H,28,30). The van der Waals surface area contributed by atoms with Crippen molar-refractivity contribution in [3.05, 3.63) is 108 Å².